The van der Waals surface area contributed by atoms with Crippen molar-refractivity contribution in [3.63, 3.8) is 0 Å². The Bertz CT molecular complexity index is 587. The van der Waals surface area contributed by atoms with E-state index in [-0.39, 0.29) is 5.92 Å². The van der Waals surface area contributed by atoms with Crippen LogP contribution < -0.4 is 0 Å². The third-order valence-corrected chi connectivity index (χ3v) is 3.53. The van der Waals surface area contributed by atoms with Crippen LogP contribution in [0.15, 0.2) is 48.5 Å². The highest BCUT2D eigenvalue weighted by Gasteiger charge is 2.15. The van der Waals surface area contributed by atoms with Crippen LogP contribution in [-0.2, 0) is 6.42 Å². The van der Waals surface area contributed by atoms with Gasteiger partial charge in [0.05, 0.1) is 12.0 Å². The summed E-state index contributed by atoms with van der Waals surface area (Å²) in [5.41, 5.74) is 1.81. The van der Waals surface area contributed by atoms with E-state index in [4.69, 9.17) is 23.2 Å². The van der Waals surface area contributed by atoms with Crippen molar-refractivity contribution in [2.24, 2.45) is 0 Å². The lowest BCUT2D eigenvalue weighted by atomic mass is 9.93. The molecule has 18 heavy (non-hydrogen) atoms. The van der Waals surface area contributed by atoms with Gasteiger partial charge in [0.2, 0.25) is 0 Å². The maximum atomic E-state index is 9.30. The predicted molar refractivity (Wildman–Crippen MR) is 75.0 cm³/mol. The largest absolute Gasteiger partial charge is 0.198 e. The van der Waals surface area contributed by atoms with E-state index in [9.17, 15) is 5.26 Å². The van der Waals surface area contributed by atoms with Gasteiger partial charge in [-0.3, -0.25) is 0 Å². The van der Waals surface area contributed by atoms with Gasteiger partial charge in [0.1, 0.15) is 0 Å². The van der Waals surface area contributed by atoms with Crippen LogP contribution in [-0.4, -0.2) is 0 Å². The molecule has 1 atom stereocenters. The molecule has 2 aromatic rings. The fourth-order valence-corrected chi connectivity index (χ4v) is 2.35. The summed E-state index contributed by atoms with van der Waals surface area (Å²) >= 11 is 12.2. The maximum absolute atomic E-state index is 9.30. The number of hydrogen-bond donors (Lipinski definition) is 0. The van der Waals surface area contributed by atoms with Crippen LogP contribution in [0.25, 0.3) is 0 Å². The quantitative estimate of drug-likeness (QED) is 0.786. The first-order valence-electron chi connectivity index (χ1n) is 5.60. The first-order chi connectivity index (χ1) is 8.72. The number of nitrogens with zero attached hydrogens (tertiary/aromatic N) is 1. The van der Waals surface area contributed by atoms with Gasteiger partial charge in [0.25, 0.3) is 0 Å². The molecule has 0 saturated heterocycles. The first-order valence-corrected chi connectivity index (χ1v) is 6.35. The van der Waals surface area contributed by atoms with Crippen molar-refractivity contribution in [2.75, 3.05) is 0 Å². The van der Waals surface area contributed by atoms with E-state index in [0.717, 1.165) is 11.1 Å². The molecular weight excluding hydrogens is 265 g/mol. The molecule has 2 aromatic carbocycles. The molecule has 0 radical (unpaired) electrons. The summed E-state index contributed by atoms with van der Waals surface area (Å²) in [6.07, 6.45) is 0.569. The second-order valence-corrected chi connectivity index (χ2v) is 4.81. The Morgan fingerprint density at radius 3 is 2.17 bits per heavy atom. The summed E-state index contributed by atoms with van der Waals surface area (Å²) in [6.45, 7) is 0. The summed E-state index contributed by atoms with van der Waals surface area (Å²) in [6, 6.07) is 17.3. The van der Waals surface area contributed by atoms with Gasteiger partial charge >= 0.3 is 0 Å². The highest BCUT2D eigenvalue weighted by Crippen LogP contribution is 2.29. The average molecular weight is 276 g/mol. The molecule has 0 aliphatic heterocycles. The molecule has 0 aliphatic rings. The summed E-state index contributed by atoms with van der Waals surface area (Å²) < 4.78 is 0. The Morgan fingerprint density at radius 1 is 0.944 bits per heavy atom. The summed E-state index contributed by atoms with van der Waals surface area (Å²) in [5, 5.41) is 10.6. The van der Waals surface area contributed by atoms with E-state index in [1.54, 1.807) is 6.07 Å². The van der Waals surface area contributed by atoms with E-state index in [1.807, 2.05) is 42.5 Å². The third kappa shape index (κ3) is 2.85. The van der Waals surface area contributed by atoms with E-state index in [1.165, 1.54) is 0 Å². The minimum absolute atomic E-state index is 0.279. The molecule has 1 nitrogen and oxygen atoms in total. The molecule has 0 aliphatic carbocycles. The van der Waals surface area contributed by atoms with Gasteiger partial charge < -0.3 is 0 Å². The molecule has 0 spiro atoms. The van der Waals surface area contributed by atoms with Gasteiger partial charge in [-0.15, -0.1) is 0 Å². The Hall–Kier alpha value is -1.49. The second kappa shape index (κ2) is 5.91. The SMILES string of the molecule is N#CC(Cc1ccccc1Cl)c1ccccc1Cl. The minimum Gasteiger partial charge on any atom is -0.198 e. The van der Waals surface area contributed by atoms with Gasteiger partial charge in [0.15, 0.2) is 0 Å². The van der Waals surface area contributed by atoms with Gasteiger partial charge in [0, 0.05) is 10.0 Å². The summed E-state index contributed by atoms with van der Waals surface area (Å²) in [4.78, 5) is 0. The molecule has 0 fully saturated rings. The van der Waals surface area contributed by atoms with Gasteiger partial charge in [-0.25, -0.2) is 0 Å². The summed E-state index contributed by atoms with van der Waals surface area (Å²) in [7, 11) is 0. The molecule has 90 valence electrons. The molecule has 0 N–H and O–H groups in total. The van der Waals surface area contributed by atoms with Crippen molar-refractivity contribution in [3.8, 4) is 6.07 Å². The van der Waals surface area contributed by atoms with Crippen LogP contribution in [0.4, 0.5) is 0 Å². The Morgan fingerprint density at radius 2 is 1.56 bits per heavy atom. The number of benzene rings is 2. The van der Waals surface area contributed by atoms with Crippen molar-refractivity contribution >= 4 is 23.2 Å². The topological polar surface area (TPSA) is 23.8 Å². The van der Waals surface area contributed by atoms with Crippen LogP contribution in [0.3, 0.4) is 0 Å². The average Bonchev–Trinajstić information content (AvgIpc) is 2.39. The first kappa shape index (κ1) is 13.0. The molecule has 0 bridgehead atoms. The molecule has 2 rings (SSSR count). The van der Waals surface area contributed by atoms with Crippen molar-refractivity contribution in [3.05, 3.63) is 69.7 Å². The van der Waals surface area contributed by atoms with Crippen molar-refractivity contribution in [1.29, 1.82) is 5.26 Å². The van der Waals surface area contributed by atoms with Crippen LogP contribution in [0, 0.1) is 11.3 Å². The molecule has 0 aromatic heterocycles. The van der Waals surface area contributed by atoms with Crippen molar-refractivity contribution in [2.45, 2.75) is 12.3 Å². The zero-order valence-corrected chi connectivity index (χ0v) is 11.1. The number of hydrogen-bond acceptors (Lipinski definition) is 1. The zero-order chi connectivity index (χ0) is 13.0. The standard InChI is InChI=1S/C15H11Cl2N/c16-14-7-3-1-5-11(14)9-12(10-18)13-6-2-4-8-15(13)17/h1-8,12H,9H2. The molecule has 1 unspecified atom stereocenters. The van der Waals surface area contributed by atoms with Gasteiger partial charge in [-0.2, -0.15) is 5.26 Å². The second-order valence-electron chi connectivity index (χ2n) is 4.00. The maximum Gasteiger partial charge on any atom is 0.0767 e. The smallest absolute Gasteiger partial charge is 0.0767 e. The highest BCUT2D eigenvalue weighted by molar-refractivity contribution is 6.31. The lowest BCUT2D eigenvalue weighted by molar-refractivity contribution is 0.849. The normalized spacial score (nSPS) is 11.8. The Kier molecular flexibility index (Phi) is 4.25. The Balaban J connectivity index is 2.30. The lowest BCUT2D eigenvalue weighted by Crippen LogP contribution is -2.01. The van der Waals surface area contributed by atoms with Crippen LogP contribution in [0.5, 0.6) is 0 Å². The van der Waals surface area contributed by atoms with Crippen LogP contribution >= 0.6 is 23.2 Å². The molecule has 0 saturated carbocycles. The Labute approximate surface area is 117 Å². The number of nitriles is 1. The number of halogens is 2. The molecular formula is C15H11Cl2N. The molecule has 3 heteroatoms. The monoisotopic (exact) mass is 275 g/mol. The molecule has 0 amide bonds. The van der Waals surface area contributed by atoms with Gasteiger partial charge in [-0.1, -0.05) is 59.6 Å². The molecule has 0 heterocycles. The third-order valence-electron chi connectivity index (χ3n) is 2.82. The van der Waals surface area contributed by atoms with E-state index < -0.39 is 0 Å². The van der Waals surface area contributed by atoms with Crippen molar-refractivity contribution < 1.29 is 0 Å². The predicted octanol–water partition coefficient (Wildman–Crippen LogP) is 4.84. The zero-order valence-electron chi connectivity index (χ0n) is 9.61. The van der Waals surface area contributed by atoms with Crippen LogP contribution in [0.2, 0.25) is 10.0 Å². The number of rotatable bonds is 3. The minimum atomic E-state index is -0.279. The lowest BCUT2D eigenvalue weighted by Gasteiger charge is -2.12. The highest BCUT2D eigenvalue weighted by atomic mass is 35.5. The van der Waals surface area contributed by atoms with E-state index in [0.29, 0.717) is 16.5 Å². The van der Waals surface area contributed by atoms with Crippen LogP contribution in [0.1, 0.15) is 17.0 Å². The summed E-state index contributed by atoms with van der Waals surface area (Å²) in [5.74, 6) is -0.279. The van der Waals surface area contributed by atoms with E-state index in [2.05, 4.69) is 6.07 Å². The van der Waals surface area contributed by atoms with Gasteiger partial charge in [-0.05, 0) is 29.7 Å². The van der Waals surface area contributed by atoms with E-state index >= 15 is 0 Å². The fraction of sp³-hybridized carbons (Fsp3) is 0.133. The van der Waals surface area contributed by atoms with Crippen molar-refractivity contribution in [1.82, 2.24) is 0 Å². The fourth-order valence-electron chi connectivity index (χ4n) is 1.87.